The average Bonchev–Trinajstić information content (AvgIpc) is 2.42. The molecule has 5 nitrogen and oxygen atoms in total. The first-order chi connectivity index (χ1) is 9.88. The normalized spacial score (nSPS) is 10.4. The van der Waals surface area contributed by atoms with Crippen LogP contribution < -0.4 is 5.32 Å². The van der Waals surface area contributed by atoms with Crippen molar-refractivity contribution in [2.45, 2.75) is 6.54 Å². The number of phenolic OH excluding ortho intramolecular Hbond substituents is 1. The van der Waals surface area contributed by atoms with Gasteiger partial charge in [-0.2, -0.15) is 0 Å². The molecule has 0 fully saturated rings. The Balaban J connectivity index is 2.24. The third kappa shape index (κ3) is 3.69. The van der Waals surface area contributed by atoms with Gasteiger partial charge >= 0.3 is 0 Å². The lowest BCUT2D eigenvalue weighted by molar-refractivity contribution is -0.384. The van der Waals surface area contributed by atoms with Gasteiger partial charge in [0.1, 0.15) is 5.75 Å². The van der Waals surface area contributed by atoms with E-state index in [0.29, 0.717) is 21.3 Å². The van der Waals surface area contributed by atoms with Crippen molar-refractivity contribution in [3.8, 4) is 5.75 Å². The highest BCUT2D eigenvalue weighted by Gasteiger charge is 2.12. The summed E-state index contributed by atoms with van der Waals surface area (Å²) in [5.41, 5.74) is 0.742. The van der Waals surface area contributed by atoms with Gasteiger partial charge in [0.2, 0.25) is 0 Å². The van der Waals surface area contributed by atoms with E-state index in [0.717, 1.165) is 0 Å². The molecule has 110 valence electrons. The van der Waals surface area contributed by atoms with Crippen molar-refractivity contribution in [1.82, 2.24) is 0 Å². The molecule has 2 aromatic rings. The first-order valence-corrected chi connectivity index (χ1v) is 6.86. The molecule has 0 saturated heterocycles. The van der Waals surface area contributed by atoms with Crippen LogP contribution in [-0.2, 0) is 6.54 Å². The van der Waals surface area contributed by atoms with Gasteiger partial charge in [-0.25, -0.2) is 0 Å². The Morgan fingerprint density at radius 1 is 1.14 bits per heavy atom. The van der Waals surface area contributed by atoms with Gasteiger partial charge in [-0.3, -0.25) is 10.1 Å². The average molecular weight is 348 g/mol. The quantitative estimate of drug-likeness (QED) is 0.611. The number of nitrogens with one attached hydrogen (secondary N) is 1. The third-order valence-corrected chi connectivity index (χ3v) is 3.57. The maximum Gasteiger partial charge on any atom is 0.271 e. The van der Waals surface area contributed by atoms with E-state index in [-0.39, 0.29) is 23.0 Å². The van der Waals surface area contributed by atoms with Crippen molar-refractivity contribution < 1.29 is 10.0 Å². The first-order valence-electron chi connectivity index (χ1n) is 5.73. The number of phenols is 1. The number of aromatic hydroxyl groups is 1. The Kier molecular flexibility index (Phi) is 4.77. The first kappa shape index (κ1) is 15.7. The number of nitrogens with zero attached hydrogens (tertiary/aromatic N) is 1. The van der Waals surface area contributed by atoms with Gasteiger partial charge < -0.3 is 10.4 Å². The zero-order valence-electron chi connectivity index (χ0n) is 10.4. The molecule has 0 atom stereocenters. The van der Waals surface area contributed by atoms with Crippen molar-refractivity contribution in [1.29, 1.82) is 0 Å². The molecule has 0 aromatic heterocycles. The van der Waals surface area contributed by atoms with E-state index in [4.69, 9.17) is 34.8 Å². The molecule has 2 rings (SSSR count). The van der Waals surface area contributed by atoms with Crippen molar-refractivity contribution in [2.24, 2.45) is 0 Å². The number of non-ortho nitro benzene ring substituents is 1. The molecule has 0 heterocycles. The van der Waals surface area contributed by atoms with Gasteiger partial charge in [0.05, 0.1) is 20.7 Å². The lowest BCUT2D eigenvalue weighted by Gasteiger charge is -2.11. The van der Waals surface area contributed by atoms with E-state index in [9.17, 15) is 15.2 Å². The van der Waals surface area contributed by atoms with Crippen LogP contribution in [0.2, 0.25) is 15.1 Å². The number of anilines is 1. The minimum Gasteiger partial charge on any atom is -0.506 e. The summed E-state index contributed by atoms with van der Waals surface area (Å²) >= 11 is 17.7. The molecular weight excluding hydrogens is 339 g/mol. The second-order valence-electron chi connectivity index (χ2n) is 4.17. The predicted molar refractivity (Wildman–Crippen MR) is 83.6 cm³/mol. The minimum absolute atomic E-state index is 0.0877. The van der Waals surface area contributed by atoms with Crippen LogP contribution in [0.4, 0.5) is 11.4 Å². The van der Waals surface area contributed by atoms with E-state index >= 15 is 0 Å². The highest BCUT2D eigenvalue weighted by Crippen LogP contribution is 2.33. The van der Waals surface area contributed by atoms with Gasteiger partial charge in [0.25, 0.3) is 5.69 Å². The van der Waals surface area contributed by atoms with Crippen LogP contribution in [0.25, 0.3) is 0 Å². The van der Waals surface area contributed by atoms with Crippen LogP contribution in [0.5, 0.6) is 5.75 Å². The standard InChI is InChI=1S/C13H9Cl3N2O3/c14-8-3-7(13(19)11(16)4-8)6-17-12-5-9(18(20)21)1-2-10(12)15/h1-5,17,19H,6H2. The number of hydrogen-bond acceptors (Lipinski definition) is 4. The van der Waals surface area contributed by atoms with Gasteiger partial charge in [0.15, 0.2) is 0 Å². The van der Waals surface area contributed by atoms with Crippen molar-refractivity contribution in [3.63, 3.8) is 0 Å². The lowest BCUT2D eigenvalue weighted by Crippen LogP contribution is -2.01. The molecule has 0 radical (unpaired) electrons. The molecule has 0 aliphatic carbocycles. The Hall–Kier alpha value is -1.69. The van der Waals surface area contributed by atoms with Crippen LogP contribution in [-0.4, -0.2) is 10.0 Å². The molecule has 0 unspecified atom stereocenters. The minimum atomic E-state index is -0.519. The smallest absolute Gasteiger partial charge is 0.271 e. The second kappa shape index (κ2) is 6.39. The van der Waals surface area contributed by atoms with Crippen LogP contribution >= 0.6 is 34.8 Å². The summed E-state index contributed by atoms with van der Waals surface area (Å²) in [6.45, 7) is 0.160. The van der Waals surface area contributed by atoms with Crippen LogP contribution in [0.15, 0.2) is 30.3 Å². The molecule has 8 heteroatoms. The van der Waals surface area contributed by atoms with Gasteiger partial charge in [0, 0.05) is 29.3 Å². The second-order valence-corrected chi connectivity index (χ2v) is 5.42. The lowest BCUT2D eigenvalue weighted by atomic mass is 10.2. The fourth-order valence-corrected chi connectivity index (χ4v) is 2.43. The van der Waals surface area contributed by atoms with E-state index < -0.39 is 4.92 Å². The van der Waals surface area contributed by atoms with Gasteiger partial charge in [-0.1, -0.05) is 34.8 Å². The Morgan fingerprint density at radius 3 is 2.52 bits per heavy atom. The fraction of sp³-hybridized carbons (Fsp3) is 0.0769. The molecule has 2 N–H and O–H groups in total. The molecule has 0 bridgehead atoms. The van der Waals surface area contributed by atoms with Gasteiger partial charge in [-0.05, 0) is 18.2 Å². The summed E-state index contributed by atoms with van der Waals surface area (Å²) in [4.78, 5) is 10.2. The maximum absolute atomic E-state index is 10.7. The number of hydrogen-bond donors (Lipinski definition) is 2. The Bertz CT molecular complexity index is 707. The molecule has 0 spiro atoms. The zero-order chi connectivity index (χ0) is 15.6. The molecule has 0 aliphatic rings. The summed E-state index contributed by atoms with van der Waals surface area (Å²) < 4.78 is 0. The van der Waals surface area contributed by atoms with Crippen molar-refractivity contribution in [2.75, 3.05) is 5.32 Å². The van der Waals surface area contributed by atoms with Crippen molar-refractivity contribution >= 4 is 46.2 Å². The topological polar surface area (TPSA) is 75.4 Å². The number of rotatable bonds is 4. The zero-order valence-corrected chi connectivity index (χ0v) is 12.7. The summed E-state index contributed by atoms with van der Waals surface area (Å²) in [5, 5.41) is 24.3. The van der Waals surface area contributed by atoms with E-state index in [1.807, 2.05) is 0 Å². The Labute approximate surface area is 135 Å². The molecular formula is C13H9Cl3N2O3. The predicted octanol–water partition coefficient (Wildman–Crippen LogP) is 4.87. The van der Waals surface area contributed by atoms with Crippen LogP contribution in [0.1, 0.15) is 5.56 Å². The SMILES string of the molecule is O=[N+]([O-])c1ccc(Cl)c(NCc2cc(Cl)cc(Cl)c2O)c1. The van der Waals surface area contributed by atoms with Crippen molar-refractivity contribution in [3.05, 3.63) is 61.1 Å². The van der Waals surface area contributed by atoms with E-state index in [2.05, 4.69) is 5.32 Å². The summed E-state index contributed by atoms with van der Waals surface area (Å²) in [6, 6.07) is 7.00. The highest BCUT2D eigenvalue weighted by atomic mass is 35.5. The largest absolute Gasteiger partial charge is 0.506 e. The number of benzene rings is 2. The monoisotopic (exact) mass is 346 g/mol. The highest BCUT2D eigenvalue weighted by molar-refractivity contribution is 6.35. The molecule has 0 amide bonds. The number of halogens is 3. The molecule has 0 saturated carbocycles. The summed E-state index contributed by atoms with van der Waals surface area (Å²) in [5.74, 6) is -0.102. The number of nitro groups is 1. The van der Waals surface area contributed by atoms with Crippen LogP contribution in [0.3, 0.4) is 0 Å². The third-order valence-electron chi connectivity index (χ3n) is 2.74. The van der Waals surface area contributed by atoms with Crippen LogP contribution in [0, 0.1) is 10.1 Å². The van der Waals surface area contributed by atoms with Gasteiger partial charge in [-0.15, -0.1) is 0 Å². The van der Waals surface area contributed by atoms with E-state index in [1.54, 1.807) is 6.07 Å². The summed E-state index contributed by atoms with van der Waals surface area (Å²) in [6.07, 6.45) is 0. The summed E-state index contributed by atoms with van der Waals surface area (Å²) in [7, 11) is 0. The molecule has 0 aliphatic heterocycles. The maximum atomic E-state index is 10.7. The fourth-order valence-electron chi connectivity index (χ4n) is 1.71. The molecule has 2 aromatic carbocycles. The number of nitro benzene ring substituents is 1. The Morgan fingerprint density at radius 2 is 1.86 bits per heavy atom. The molecule has 21 heavy (non-hydrogen) atoms. The van der Waals surface area contributed by atoms with E-state index in [1.165, 1.54) is 24.3 Å².